The van der Waals surface area contributed by atoms with Gasteiger partial charge in [0.2, 0.25) is 0 Å². The van der Waals surface area contributed by atoms with E-state index in [0.29, 0.717) is 16.5 Å². The van der Waals surface area contributed by atoms with E-state index >= 15 is 0 Å². The van der Waals surface area contributed by atoms with Gasteiger partial charge in [0.05, 0.1) is 22.8 Å². The number of anilines is 1. The van der Waals surface area contributed by atoms with Crippen molar-refractivity contribution in [2.24, 2.45) is 7.05 Å². The Balaban J connectivity index is 2.07. The minimum atomic E-state index is -3.74. The zero-order chi connectivity index (χ0) is 18.0. The maximum atomic E-state index is 13.2. The van der Waals surface area contributed by atoms with Gasteiger partial charge in [-0.2, -0.15) is 5.10 Å². The summed E-state index contributed by atoms with van der Waals surface area (Å²) in [5.41, 5.74) is 2.04. The number of para-hydroxylation sites is 1. The third-order valence-corrected chi connectivity index (χ3v) is 5.92. The van der Waals surface area contributed by atoms with Crippen molar-refractivity contribution in [3.63, 3.8) is 0 Å². The Morgan fingerprint density at radius 3 is 2.40 bits per heavy atom. The van der Waals surface area contributed by atoms with Crippen LogP contribution < -0.4 is 4.31 Å². The molecule has 1 aromatic heterocycles. The van der Waals surface area contributed by atoms with Crippen LogP contribution in [0, 0.1) is 6.92 Å². The second-order valence-corrected chi connectivity index (χ2v) is 8.00. The topological polar surface area (TPSA) is 55.2 Å². The van der Waals surface area contributed by atoms with Crippen LogP contribution in [0.15, 0.2) is 65.6 Å². The highest BCUT2D eigenvalue weighted by atomic mass is 35.5. The van der Waals surface area contributed by atoms with Crippen molar-refractivity contribution < 1.29 is 8.42 Å². The van der Waals surface area contributed by atoms with E-state index in [1.165, 1.54) is 8.99 Å². The number of hydrogen-bond acceptors (Lipinski definition) is 3. The number of rotatable bonds is 5. The van der Waals surface area contributed by atoms with Crippen LogP contribution in [0.4, 0.5) is 5.69 Å². The monoisotopic (exact) mass is 375 g/mol. The largest absolute Gasteiger partial charge is 0.264 e. The number of aryl methyl sites for hydroxylation is 2. The Hall–Kier alpha value is -2.31. The third kappa shape index (κ3) is 3.70. The minimum absolute atomic E-state index is 0.0981. The number of aromatic nitrogens is 2. The molecule has 0 N–H and O–H groups in total. The number of hydrogen-bond donors (Lipinski definition) is 0. The van der Waals surface area contributed by atoms with Crippen LogP contribution in [0.2, 0.25) is 5.15 Å². The minimum Gasteiger partial charge on any atom is -0.260 e. The Bertz CT molecular complexity index is 965. The summed E-state index contributed by atoms with van der Waals surface area (Å²) >= 11 is 6.04. The molecule has 0 saturated carbocycles. The van der Waals surface area contributed by atoms with Crippen molar-refractivity contribution in [3.05, 3.63) is 77.1 Å². The SMILES string of the molecule is Cc1cccc(S(=O)(=O)N(Cc2cc(Cl)n(C)n2)c2ccccc2)c1. The molecule has 0 aliphatic heterocycles. The van der Waals surface area contributed by atoms with E-state index in [0.717, 1.165) is 5.56 Å². The first-order chi connectivity index (χ1) is 11.9. The first-order valence-electron chi connectivity index (χ1n) is 7.71. The molecule has 0 saturated heterocycles. The molecule has 0 radical (unpaired) electrons. The second-order valence-electron chi connectivity index (χ2n) is 5.75. The Morgan fingerprint density at radius 2 is 1.80 bits per heavy atom. The summed E-state index contributed by atoms with van der Waals surface area (Å²) < 4.78 is 29.3. The maximum absolute atomic E-state index is 13.2. The van der Waals surface area contributed by atoms with Gasteiger partial charge in [-0.3, -0.25) is 8.99 Å². The van der Waals surface area contributed by atoms with Crippen molar-refractivity contribution in [2.45, 2.75) is 18.4 Å². The van der Waals surface area contributed by atoms with Gasteiger partial charge in [-0.15, -0.1) is 0 Å². The fourth-order valence-electron chi connectivity index (χ4n) is 2.54. The Labute approximate surface area is 152 Å². The molecule has 0 unspecified atom stereocenters. The zero-order valence-electron chi connectivity index (χ0n) is 13.9. The molecule has 0 atom stereocenters. The molecule has 25 heavy (non-hydrogen) atoms. The number of benzene rings is 2. The lowest BCUT2D eigenvalue weighted by Gasteiger charge is -2.24. The van der Waals surface area contributed by atoms with Crippen LogP contribution in [0.1, 0.15) is 11.3 Å². The Kier molecular flexibility index (Phi) is 4.83. The summed E-state index contributed by atoms with van der Waals surface area (Å²) in [7, 11) is -2.02. The van der Waals surface area contributed by atoms with Gasteiger partial charge in [0.1, 0.15) is 5.15 Å². The van der Waals surface area contributed by atoms with E-state index in [2.05, 4.69) is 5.10 Å². The highest BCUT2D eigenvalue weighted by molar-refractivity contribution is 7.92. The van der Waals surface area contributed by atoms with Crippen LogP contribution in [0.25, 0.3) is 0 Å². The molecule has 0 aliphatic carbocycles. The highest BCUT2D eigenvalue weighted by Gasteiger charge is 2.26. The summed E-state index contributed by atoms with van der Waals surface area (Å²) in [6, 6.07) is 17.5. The lowest BCUT2D eigenvalue weighted by molar-refractivity contribution is 0.589. The summed E-state index contributed by atoms with van der Waals surface area (Å²) in [4.78, 5) is 0.249. The fourth-order valence-corrected chi connectivity index (χ4v) is 4.24. The first kappa shape index (κ1) is 17.5. The smallest absolute Gasteiger partial charge is 0.260 e. The molecule has 3 rings (SSSR count). The molecular formula is C18H18ClN3O2S. The van der Waals surface area contributed by atoms with Crippen LogP contribution in [0.5, 0.6) is 0 Å². The highest BCUT2D eigenvalue weighted by Crippen LogP contribution is 2.26. The average Bonchev–Trinajstić information content (AvgIpc) is 2.91. The lowest BCUT2D eigenvalue weighted by Crippen LogP contribution is -2.30. The number of halogens is 1. The van der Waals surface area contributed by atoms with Crippen molar-refractivity contribution in [2.75, 3.05) is 4.31 Å². The Morgan fingerprint density at radius 1 is 1.08 bits per heavy atom. The predicted molar refractivity (Wildman–Crippen MR) is 99.2 cm³/mol. The molecule has 0 aliphatic rings. The molecule has 2 aromatic carbocycles. The van der Waals surface area contributed by atoms with Crippen molar-refractivity contribution in [1.82, 2.24) is 9.78 Å². The summed E-state index contributed by atoms with van der Waals surface area (Å²) in [6.45, 7) is 1.96. The quantitative estimate of drug-likeness (QED) is 0.682. The van der Waals surface area contributed by atoms with Gasteiger partial charge in [-0.1, -0.05) is 41.9 Å². The van der Waals surface area contributed by atoms with E-state index in [-0.39, 0.29) is 11.4 Å². The van der Waals surface area contributed by atoms with Crippen LogP contribution in [0.3, 0.4) is 0 Å². The summed E-state index contributed by atoms with van der Waals surface area (Å²) in [6.07, 6.45) is 0. The van der Waals surface area contributed by atoms with E-state index in [1.54, 1.807) is 55.6 Å². The molecule has 1 heterocycles. The normalized spacial score (nSPS) is 11.5. The van der Waals surface area contributed by atoms with Gasteiger partial charge in [-0.25, -0.2) is 8.42 Å². The lowest BCUT2D eigenvalue weighted by atomic mass is 10.2. The van der Waals surface area contributed by atoms with Gasteiger partial charge < -0.3 is 0 Å². The third-order valence-electron chi connectivity index (χ3n) is 3.80. The van der Waals surface area contributed by atoms with Gasteiger partial charge in [-0.05, 0) is 36.8 Å². The molecular weight excluding hydrogens is 358 g/mol. The van der Waals surface area contributed by atoms with Crippen molar-refractivity contribution in [3.8, 4) is 0 Å². The van der Waals surface area contributed by atoms with Gasteiger partial charge >= 0.3 is 0 Å². The molecule has 3 aromatic rings. The fraction of sp³-hybridized carbons (Fsp3) is 0.167. The summed E-state index contributed by atoms with van der Waals surface area (Å²) in [5, 5.41) is 4.73. The summed E-state index contributed by atoms with van der Waals surface area (Å²) in [5.74, 6) is 0. The van der Waals surface area contributed by atoms with E-state index < -0.39 is 10.0 Å². The average molecular weight is 376 g/mol. The van der Waals surface area contributed by atoms with E-state index in [4.69, 9.17) is 11.6 Å². The molecule has 0 fully saturated rings. The van der Waals surface area contributed by atoms with Gasteiger partial charge in [0, 0.05) is 13.1 Å². The van der Waals surface area contributed by atoms with Crippen LogP contribution in [-0.2, 0) is 23.6 Å². The molecule has 0 bridgehead atoms. The molecule has 130 valence electrons. The predicted octanol–water partition coefficient (Wildman–Crippen LogP) is 3.78. The van der Waals surface area contributed by atoms with Crippen LogP contribution in [-0.4, -0.2) is 18.2 Å². The molecule has 7 heteroatoms. The molecule has 0 spiro atoms. The van der Waals surface area contributed by atoms with Crippen molar-refractivity contribution in [1.29, 1.82) is 0 Å². The van der Waals surface area contributed by atoms with Crippen molar-refractivity contribution >= 4 is 27.3 Å². The number of sulfonamides is 1. The molecule has 0 amide bonds. The number of nitrogens with zero attached hydrogens (tertiary/aromatic N) is 3. The second kappa shape index (κ2) is 6.90. The van der Waals surface area contributed by atoms with E-state index in [9.17, 15) is 8.42 Å². The van der Waals surface area contributed by atoms with Gasteiger partial charge in [0.25, 0.3) is 10.0 Å². The standard InChI is InChI=1S/C18H18ClN3O2S/c1-14-7-6-10-17(11-14)25(23,24)22(16-8-4-3-5-9-16)13-15-12-18(19)21(2)20-15/h3-12H,13H2,1-2H3. The first-order valence-corrected chi connectivity index (χ1v) is 9.52. The molecule has 5 nitrogen and oxygen atoms in total. The van der Waals surface area contributed by atoms with Gasteiger partial charge in [0.15, 0.2) is 0 Å². The maximum Gasteiger partial charge on any atom is 0.264 e. The van der Waals surface area contributed by atoms with Crippen LogP contribution >= 0.6 is 11.6 Å². The zero-order valence-corrected chi connectivity index (χ0v) is 15.5. The van der Waals surface area contributed by atoms with E-state index in [1.807, 2.05) is 19.1 Å².